The Balaban J connectivity index is 2.15. The number of benzene rings is 2. The maximum absolute atomic E-state index is 9.36. The Labute approximate surface area is 144 Å². The van der Waals surface area contributed by atoms with Crippen LogP contribution in [0, 0.1) is 0 Å². The number of nitrogens with one attached hydrogen (secondary N) is 1. The van der Waals surface area contributed by atoms with Gasteiger partial charge in [-0.05, 0) is 54.4 Å². The van der Waals surface area contributed by atoms with Gasteiger partial charge in [0.1, 0.15) is 0 Å². The zero-order valence-electron chi connectivity index (χ0n) is 14.3. The summed E-state index contributed by atoms with van der Waals surface area (Å²) in [7, 11) is 0. The molecule has 0 spiro atoms. The first kappa shape index (κ1) is 17.2. The normalized spacial score (nSPS) is 22.5. The van der Waals surface area contributed by atoms with E-state index >= 15 is 0 Å². The molecule has 0 fully saturated rings. The van der Waals surface area contributed by atoms with Gasteiger partial charge in [-0.2, -0.15) is 0 Å². The van der Waals surface area contributed by atoms with Crippen molar-refractivity contribution in [2.45, 2.75) is 37.6 Å². The molecular weight excluding hydrogens is 298 g/mol. The summed E-state index contributed by atoms with van der Waals surface area (Å²) in [5.41, 5.74) is 4.97. The van der Waals surface area contributed by atoms with Crippen LogP contribution in [0.5, 0.6) is 0 Å². The molecule has 2 aromatic carbocycles. The summed E-state index contributed by atoms with van der Waals surface area (Å²) in [5.74, 6) is 0.409. The highest BCUT2D eigenvalue weighted by molar-refractivity contribution is 5.50. The Hall–Kier alpha value is -1.68. The molecular formula is C21H27NO2. The second kappa shape index (κ2) is 7.47. The van der Waals surface area contributed by atoms with Gasteiger partial charge < -0.3 is 15.5 Å². The Kier molecular flexibility index (Phi) is 5.34. The minimum Gasteiger partial charge on any atom is -0.396 e. The molecule has 2 atom stereocenters. The zero-order chi connectivity index (χ0) is 17.0. The van der Waals surface area contributed by atoms with E-state index in [1.165, 1.54) is 22.3 Å². The average Bonchev–Trinajstić information content (AvgIpc) is 2.73. The Morgan fingerprint density at radius 2 is 1.71 bits per heavy atom. The third-order valence-electron chi connectivity index (χ3n) is 5.26. The van der Waals surface area contributed by atoms with E-state index in [4.69, 9.17) is 0 Å². The number of fused-ring (bicyclic) bond motifs is 2. The Morgan fingerprint density at radius 3 is 2.46 bits per heavy atom. The first-order valence-corrected chi connectivity index (χ1v) is 8.85. The van der Waals surface area contributed by atoms with Gasteiger partial charge >= 0.3 is 0 Å². The predicted octanol–water partition coefficient (Wildman–Crippen LogP) is 2.94. The van der Waals surface area contributed by atoms with E-state index in [9.17, 15) is 10.2 Å². The molecule has 2 aromatic rings. The maximum atomic E-state index is 9.36. The molecule has 0 saturated carbocycles. The van der Waals surface area contributed by atoms with Crippen LogP contribution in [-0.4, -0.2) is 30.0 Å². The second-order valence-electron chi connectivity index (χ2n) is 6.79. The standard InChI is InChI=1S/C21H27NO2/c1-21(22-12-14-24)19-10-4-2-7-17(19)15-16(8-6-13-23)18-9-3-5-11-20(18)21/h2-5,7,9-11,16,22-24H,6,8,12-15H2,1H3/t16-,21+/m1/s1. The summed E-state index contributed by atoms with van der Waals surface area (Å²) >= 11 is 0. The smallest absolute Gasteiger partial charge is 0.0668 e. The fraction of sp³-hybridized carbons (Fsp3) is 0.429. The molecule has 128 valence electrons. The largest absolute Gasteiger partial charge is 0.396 e. The lowest BCUT2D eigenvalue weighted by molar-refractivity contribution is 0.272. The second-order valence-corrected chi connectivity index (χ2v) is 6.79. The SMILES string of the molecule is C[C@]1(NCCO)c2ccccc2C[C@@H](CCCO)c2ccccc21. The van der Waals surface area contributed by atoms with E-state index in [0.717, 1.165) is 19.3 Å². The summed E-state index contributed by atoms with van der Waals surface area (Å²) in [6.45, 7) is 3.13. The molecule has 1 aliphatic rings. The summed E-state index contributed by atoms with van der Waals surface area (Å²) in [6, 6.07) is 17.2. The molecule has 0 aliphatic heterocycles. The minimum atomic E-state index is -0.316. The van der Waals surface area contributed by atoms with Crippen molar-refractivity contribution >= 4 is 0 Å². The quantitative estimate of drug-likeness (QED) is 0.765. The number of aliphatic hydroxyl groups excluding tert-OH is 2. The van der Waals surface area contributed by atoms with Crippen molar-refractivity contribution in [2.24, 2.45) is 0 Å². The number of hydrogen-bond acceptors (Lipinski definition) is 3. The Bertz CT molecular complexity index is 685. The van der Waals surface area contributed by atoms with Crippen LogP contribution in [0.15, 0.2) is 48.5 Å². The van der Waals surface area contributed by atoms with Crippen LogP contribution in [0.1, 0.15) is 47.9 Å². The minimum absolute atomic E-state index is 0.119. The van der Waals surface area contributed by atoms with Gasteiger partial charge in [0.05, 0.1) is 12.1 Å². The van der Waals surface area contributed by atoms with E-state index in [1.54, 1.807) is 0 Å². The lowest BCUT2D eigenvalue weighted by Crippen LogP contribution is -2.42. The topological polar surface area (TPSA) is 52.5 Å². The van der Waals surface area contributed by atoms with Crippen molar-refractivity contribution in [3.8, 4) is 0 Å². The lowest BCUT2D eigenvalue weighted by Gasteiger charge is -2.34. The summed E-state index contributed by atoms with van der Waals surface area (Å²) in [4.78, 5) is 0. The maximum Gasteiger partial charge on any atom is 0.0668 e. The van der Waals surface area contributed by atoms with E-state index in [0.29, 0.717) is 12.5 Å². The fourth-order valence-electron chi connectivity index (χ4n) is 4.11. The molecule has 3 N–H and O–H groups in total. The van der Waals surface area contributed by atoms with Crippen molar-refractivity contribution in [2.75, 3.05) is 19.8 Å². The van der Waals surface area contributed by atoms with Crippen molar-refractivity contribution < 1.29 is 10.2 Å². The van der Waals surface area contributed by atoms with E-state index < -0.39 is 0 Å². The van der Waals surface area contributed by atoms with Crippen LogP contribution in [0.3, 0.4) is 0 Å². The van der Waals surface area contributed by atoms with Crippen molar-refractivity contribution in [3.63, 3.8) is 0 Å². The first-order valence-electron chi connectivity index (χ1n) is 8.85. The number of hydrogen-bond donors (Lipinski definition) is 3. The van der Waals surface area contributed by atoms with Gasteiger partial charge in [0, 0.05) is 13.2 Å². The van der Waals surface area contributed by atoms with Crippen LogP contribution in [-0.2, 0) is 12.0 Å². The highest BCUT2D eigenvalue weighted by Gasteiger charge is 2.36. The van der Waals surface area contributed by atoms with Gasteiger partial charge in [-0.3, -0.25) is 0 Å². The summed E-state index contributed by atoms with van der Waals surface area (Å²) in [5, 5.41) is 22.2. The highest BCUT2D eigenvalue weighted by Crippen LogP contribution is 2.42. The molecule has 0 radical (unpaired) electrons. The number of aliphatic hydroxyl groups is 2. The third kappa shape index (κ3) is 3.12. The van der Waals surface area contributed by atoms with E-state index in [-0.39, 0.29) is 18.8 Å². The molecule has 1 aliphatic carbocycles. The Morgan fingerprint density at radius 1 is 1.00 bits per heavy atom. The van der Waals surface area contributed by atoms with Gasteiger partial charge in [0.15, 0.2) is 0 Å². The molecule has 24 heavy (non-hydrogen) atoms. The van der Waals surface area contributed by atoms with Crippen LogP contribution >= 0.6 is 0 Å². The average molecular weight is 325 g/mol. The lowest BCUT2D eigenvalue weighted by atomic mass is 9.81. The van der Waals surface area contributed by atoms with E-state index in [2.05, 4.69) is 60.8 Å². The van der Waals surface area contributed by atoms with Crippen LogP contribution in [0.25, 0.3) is 0 Å². The van der Waals surface area contributed by atoms with Crippen LogP contribution in [0.4, 0.5) is 0 Å². The van der Waals surface area contributed by atoms with Crippen molar-refractivity contribution in [3.05, 3.63) is 70.8 Å². The summed E-state index contributed by atoms with van der Waals surface area (Å²) in [6.07, 6.45) is 2.80. The zero-order valence-corrected chi connectivity index (χ0v) is 14.3. The van der Waals surface area contributed by atoms with Crippen molar-refractivity contribution in [1.29, 1.82) is 0 Å². The monoisotopic (exact) mass is 325 g/mol. The molecule has 3 nitrogen and oxygen atoms in total. The molecule has 3 rings (SSSR count). The molecule has 0 saturated heterocycles. The fourth-order valence-corrected chi connectivity index (χ4v) is 4.11. The van der Waals surface area contributed by atoms with Gasteiger partial charge in [0.25, 0.3) is 0 Å². The third-order valence-corrected chi connectivity index (χ3v) is 5.26. The molecule has 3 heteroatoms. The molecule has 0 heterocycles. The molecule has 0 unspecified atom stereocenters. The molecule has 0 amide bonds. The highest BCUT2D eigenvalue weighted by atomic mass is 16.3. The predicted molar refractivity (Wildman–Crippen MR) is 97.2 cm³/mol. The first-order chi connectivity index (χ1) is 11.7. The molecule has 0 aromatic heterocycles. The number of rotatable bonds is 6. The van der Waals surface area contributed by atoms with Gasteiger partial charge in [-0.15, -0.1) is 0 Å². The van der Waals surface area contributed by atoms with Gasteiger partial charge in [-0.25, -0.2) is 0 Å². The van der Waals surface area contributed by atoms with Crippen LogP contribution in [0.2, 0.25) is 0 Å². The summed E-state index contributed by atoms with van der Waals surface area (Å²) < 4.78 is 0. The van der Waals surface area contributed by atoms with Gasteiger partial charge in [0.2, 0.25) is 0 Å². The molecule has 0 bridgehead atoms. The van der Waals surface area contributed by atoms with Crippen molar-refractivity contribution in [1.82, 2.24) is 5.32 Å². The van der Waals surface area contributed by atoms with Gasteiger partial charge in [-0.1, -0.05) is 48.5 Å². The van der Waals surface area contributed by atoms with E-state index in [1.807, 2.05) is 0 Å². The van der Waals surface area contributed by atoms with Crippen LogP contribution < -0.4 is 5.32 Å².